The third-order valence-corrected chi connectivity index (χ3v) is 6.15. The Kier molecular flexibility index (Phi) is 3.60. The predicted molar refractivity (Wildman–Crippen MR) is 96.8 cm³/mol. The molecule has 0 radical (unpaired) electrons. The molecule has 4 aromatic rings. The topological polar surface area (TPSA) is 62.0 Å². The maximum absolute atomic E-state index is 11.3. The minimum atomic E-state index is -0.561. The lowest BCUT2D eigenvalue weighted by atomic mass is 10.3. The molecule has 0 bridgehead atoms. The molecular weight excluding hydrogens is 348 g/mol. The number of anilines is 1. The molecule has 1 aliphatic rings. The number of Topliss-reactive ketones (excluding diaryl/α,β-unsaturated/α-hetero) is 1. The number of nitrogens with one attached hydrogen (secondary N) is 2. The van der Waals surface area contributed by atoms with E-state index >= 15 is 0 Å². The molecule has 114 valence electrons. The van der Waals surface area contributed by atoms with E-state index in [9.17, 15) is 9.59 Å². The van der Waals surface area contributed by atoms with Crippen LogP contribution < -0.4 is 5.32 Å². The van der Waals surface area contributed by atoms with Crippen molar-refractivity contribution in [3.63, 3.8) is 0 Å². The number of carbonyl (C=O) groups is 2. The maximum atomic E-state index is 11.3. The van der Waals surface area contributed by atoms with Crippen molar-refractivity contribution in [3.8, 4) is 10.6 Å². The summed E-state index contributed by atoms with van der Waals surface area (Å²) in [6, 6.07) is 9.99. The van der Waals surface area contributed by atoms with E-state index in [2.05, 4.69) is 33.2 Å². The number of hydrogen-bond acceptors (Lipinski definition) is 5. The fraction of sp³-hybridized carbons (Fsp3) is 0. The van der Waals surface area contributed by atoms with E-state index in [-0.39, 0.29) is 0 Å². The zero-order chi connectivity index (χ0) is 15.8. The van der Waals surface area contributed by atoms with Crippen molar-refractivity contribution < 1.29 is 9.59 Å². The first-order chi connectivity index (χ1) is 11.2. The summed E-state index contributed by atoms with van der Waals surface area (Å²) in [5, 5.41) is 8.73. The highest BCUT2D eigenvalue weighted by molar-refractivity contribution is 7.25. The monoisotopic (exact) mass is 358 g/mol. The number of ketones is 1. The smallest absolute Gasteiger partial charge is 0.298 e. The Hall–Kier alpha value is -2.22. The molecular formula is C16H10N2O2S3. The SMILES string of the molecule is O=C1Nc2cc(-c3cccs3)[nH]c2C1=O.c1cc2sccc2s1. The quantitative estimate of drug-likeness (QED) is 0.478. The van der Waals surface area contributed by atoms with Gasteiger partial charge in [-0.2, -0.15) is 0 Å². The second kappa shape index (κ2) is 5.77. The average molecular weight is 358 g/mol. The van der Waals surface area contributed by atoms with Crippen LogP contribution in [0.4, 0.5) is 5.69 Å². The minimum Gasteiger partial charge on any atom is -0.349 e. The van der Waals surface area contributed by atoms with Crippen LogP contribution in [0.5, 0.6) is 0 Å². The van der Waals surface area contributed by atoms with Crippen molar-refractivity contribution in [2.45, 2.75) is 0 Å². The largest absolute Gasteiger partial charge is 0.349 e. The van der Waals surface area contributed by atoms with Gasteiger partial charge in [0.05, 0.1) is 16.3 Å². The summed E-state index contributed by atoms with van der Waals surface area (Å²) in [6.45, 7) is 0. The fourth-order valence-electron chi connectivity index (χ4n) is 2.29. The summed E-state index contributed by atoms with van der Waals surface area (Å²) < 4.78 is 2.82. The van der Waals surface area contributed by atoms with Gasteiger partial charge in [-0.05, 0) is 40.4 Å². The van der Waals surface area contributed by atoms with Crippen LogP contribution in [0.2, 0.25) is 0 Å². The number of aromatic nitrogens is 1. The molecule has 0 unspecified atom stereocenters. The van der Waals surface area contributed by atoms with Gasteiger partial charge in [0.2, 0.25) is 0 Å². The Labute approximate surface area is 143 Å². The summed E-state index contributed by atoms with van der Waals surface area (Å²) in [6.07, 6.45) is 0. The molecule has 4 aromatic heterocycles. The molecule has 5 rings (SSSR count). The number of amides is 1. The standard InChI is InChI=1S/C10H6N2O2S.C6H4S2/c13-9-8-6(12-10(9)14)4-5(11-8)7-2-1-3-15-7;1-3-7-6-2-4-8-5(1)6/h1-4,11H,(H,12,13,14);1-4H. The van der Waals surface area contributed by atoms with E-state index in [1.807, 2.05) is 17.5 Å². The molecule has 4 nitrogen and oxygen atoms in total. The van der Waals surface area contributed by atoms with Gasteiger partial charge in [-0.3, -0.25) is 9.59 Å². The summed E-state index contributed by atoms with van der Waals surface area (Å²) in [7, 11) is 0. The van der Waals surface area contributed by atoms with Gasteiger partial charge in [0.25, 0.3) is 11.7 Å². The highest BCUT2D eigenvalue weighted by atomic mass is 32.1. The second-order valence-electron chi connectivity index (χ2n) is 4.80. The van der Waals surface area contributed by atoms with Gasteiger partial charge >= 0.3 is 0 Å². The van der Waals surface area contributed by atoms with Crippen molar-refractivity contribution >= 4 is 60.8 Å². The van der Waals surface area contributed by atoms with Crippen molar-refractivity contribution in [2.75, 3.05) is 5.32 Å². The highest BCUT2D eigenvalue weighted by Gasteiger charge is 2.30. The van der Waals surface area contributed by atoms with Crippen LogP contribution in [0, 0.1) is 0 Å². The number of carbonyl (C=O) groups excluding carboxylic acids is 2. The number of aromatic amines is 1. The molecule has 2 N–H and O–H groups in total. The normalized spacial score (nSPS) is 12.9. The number of rotatable bonds is 1. The molecule has 0 saturated heterocycles. The van der Waals surface area contributed by atoms with Gasteiger partial charge in [0, 0.05) is 9.40 Å². The van der Waals surface area contributed by atoms with Crippen molar-refractivity contribution in [2.24, 2.45) is 0 Å². The zero-order valence-corrected chi connectivity index (χ0v) is 14.1. The van der Waals surface area contributed by atoms with Gasteiger partial charge in [-0.1, -0.05) is 6.07 Å². The van der Waals surface area contributed by atoms with E-state index in [1.165, 1.54) is 9.40 Å². The molecule has 0 spiro atoms. The molecule has 1 amide bonds. The first kappa shape index (κ1) is 14.4. The fourth-order valence-corrected chi connectivity index (χ4v) is 4.81. The Bertz CT molecular complexity index is 941. The molecule has 0 aromatic carbocycles. The molecule has 1 aliphatic heterocycles. The van der Waals surface area contributed by atoms with Gasteiger partial charge in [-0.15, -0.1) is 34.0 Å². The average Bonchev–Trinajstić information content (AvgIpc) is 3.28. The molecule has 0 fully saturated rings. The third kappa shape index (κ3) is 2.63. The van der Waals surface area contributed by atoms with Crippen LogP contribution >= 0.6 is 34.0 Å². The van der Waals surface area contributed by atoms with E-state index < -0.39 is 11.7 Å². The molecule has 0 saturated carbocycles. The van der Waals surface area contributed by atoms with Crippen LogP contribution in [-0.4, -0.2) is 16.7 Å². The molecule has 23 heavy (non-hydrogen) atoms. The van der Waals surface area contributed by atoms with Gasteiger partial charge in [-0.25, -0.2) is 0 Å². The van der Waals surface area contributed by atoms with Gasteiger partial charge in [0.1, 0.15) is 5.69 Å². The lowest BCUT2D eigenvalue weighted by Crippen LogP contribution is -2.13. The van der Waals surface area contributed by atoms with Crippen LogP contribution in [0.1, 0.15) is 10.5 Å². The molecule has 0 aliphatic carbocycles. The second-order valence-corrected chi connectivity index (χ2v) is 7.65. The van der Waals surface area contributed by atoms with Crippen LogP contribution in [-0.2, 0) is 4.79 Å². The van der Waals surface area contributed by atoms with Crippen LogP contribution in [0.15, 0.2) is 46.5 Å². The van der Waals surface area contributed by atoms with Gasteiger partial charge < -0.3 is 10.3 Å². The lowest BCUT2D eigenvalue weighted by molar-refractivity contribution is -0.112. The maximum Gasteiger partial charge on any atom is 0.298 e. The number of hydrogen-bond donors (Lipinski definition) is 2. The van der Waals surface area contributed by atoms with Gasteiger partial charge in [0.15, 0.2) is 0 Å². The number of H-pyrrole nitrogens is 1. The lowest BCUT2D eigenvalue weighted by Gasteiger charge is -1.92. The Morgan fingerprint density at radius 1 is 0.870 bits per heavy atom. The predicted octanol–water partition coefficient (Wildman–Crippen LogP) is 4.84. The Morgan fingerprint density at radius 3 is 2.22 bits per heavy atom. The molecule has 5 heterocycles. The van der Waals surface area contributed by atoms with Crippen molar-refractivity contribution in [1.29, 1.82) is 0 Å². The molecule has 7 heteroatoms. The summed E-state index contributed by atoms with van der Waals surface area (Å²) in [4.78, 5) is 26.4. The first-order valence-corrected chi connectivity index (χ1v) is 9.39. The van der Waals surface area contributed by atoms with Crippen molar-refractivity contribution in [1.82, 2.24) is 4.98 Å². The van der Waals surface area contributed by atoms with Crippen LogP contribution in [0.3, 0.4) is 0 Å². The van der Waals surface area contributed by atoms with E-state index in [1.54, 1.807) is 40.1 Å². The van der Waals surface area contributed by atoms with E-state index in [4.69, 9.17) is 0 Å². The summed E-state index contributed by atoms with van der Waals surface area (Å²) in [5.74, 6) is -1.05. The highest BCUT2D eigenvalue weighted by Crippen LogP contribution is 2.31. The zero-order valence-electron chi connectivity index (χ0n) is 11.7. The first-order valence-electron chi connectivity index (χ1n) is 6.75. The molecule has 0 atom stereocenters. The summed E-state index contributed by atoms with van der Waals surface area (Å²) in [5.41, 5.74) is 1.81. The van der Waals surface area contributed by atoms with E-state index in [0.717, 1.165) is 10.6 Å². The van der Waals surface area contributed by atoms with Crippen LogP contribution in [0.25, 0.3) is 20.0 Å². The Balaban J connectivity index is 0.000000142. The number of fused-ring (bicyclic) bond motifs is 2. The third-order valence-electron chi connectivity index (χ3n) is 3.36. The van der Waals surface area contributed by atoms with Crippen molar-refractivity contribution in [3.05, 3.63) is 52.2 Å². The van der Waals surface area contributed by atoms with E-state index in [0.29, 0.717) is 11.4 Å². The Morgan fingerprint density at radius 2 is 1.61 bits per heavy atom. The summed E-state index contributed by atoms with van der Waals surface area (Å²) >= 11 is 5.19. The minimum absolute atomic E-state index is 0.364. The number of thiophene rings is 3.